The number of ketones is 2. The zero-order chi connectivity index (χ0) is 33.4. The van der Waals surface area contributed by atoms with Gasteiger partial charge in [-0.15, -0.1) is 0 Å². The van der Waals surface area contributed by atoms with Gasteiger partial charge in [0.15, 0.2) is 40.2 Å². The summed E-state index contributed by atoms with van der Waals surface area (Å²) >= 11 is 0. The standard InChI is InChI=1S/C36H42O9/c1-23(2)17-29(39)18-24(3)36(42)16-15-35(4,34(41)22-36)45-31-14-10-26(20-33(31)44-6)8-12-28(38)21-27(37)11-7-25-9-13-30(40)32(19-25)43-5/h7-17,19-21,24,34,38,40-42H,18,22H2,1-6H3/b11-7+,12-8+,28-21-/t24-,34-,35+,36-/m0/s1. The van der Waals surface area contributed by atoms with Crippen LogP contribution in [-0.4, -0.2) is 63.5 Å². The Bertz CT molecular complexity index is 1540. The summed E-state index contributed by atoms with van der Waals surface area (Å²) in [7, 11) is 2.90. The van der Waals surface area contributed by atoms with Gasteiger partial charge >= 0.3 is 0 Å². The quantitative estimate of drug-likeness (QED) is 0.0934. The van der Waals surface area contributed by atoms with Crippen molar-refractivity contribution in [1.82, 2.24) is 0 Å². The Morgan fingerprint density at radius 2 is 1.58 bits per heavy atom. The van der Waals surface area contributed by atoms with Crippen LogP contribution in [0, 0.1) is 5.92 Å². The average molecular weight is 619 g/mol. The Kier molecular flexibility index (Phi) is 11.6. The Hall–Kier alpha value is -4.60. The van der Waals surface area contributed by atoms with E-state index in [0.29, 0.717) is 22.6 Å². The fourth-order valence-corrected chi connectivity index (χ4v) is 4.84. The lowest BCUT2D eigenvalue weighted by atomic mass is 9.73. The number of rotatable bonds is 13. The number of aliphatic hydroxyl groups is 3. The lowest BCUT2D eigenvalue weighted by Gasteiger charge is -2.43. The van der Waals surface area contributed by atoms with E-state index < -0.39 is 29.0 Å². The van der Waals surface area contributed by atoms with E-state index in [1.807, 2.05) is 13.8 Å². The van der Waals surface area contributed by atoms with Crippen molar-refractivity contribution in [3.63, 3.8) is 0 Å². The maximum Gasteiger partial charge on any atom is 0.182 e. The molecule has 0 unspecified atom stereocenters. The van der Waals surface area contributed by atoms with Crippen molar-refractivity contribution in [2.75, 3.05) is 14.2 Å². The van der Waals surface area contributed by atoms with Crippen molar-refractivity contribution in [3.8, 4) is 23.0 Å². The Labute approximate surface area is 264 Å². The number of allylic oxidation sites excluding steroid dienone is 5. The van der Waals surface area contributed by atoms with Crippen LogP contribution >= 0.6 is 0 Å². The van der Waals surface area contributed by atoms with E-state index in [-0.39, 0.29) is 35.9 Å². The summed E-state index contributed by atoms with van der Waals surface area (Å²) in [6.07, 6.45) is 10.6. The fourth-order valence-electron chi connectivity index (χ4n) is 4.84. The number of phenols is 1. The molecular formula is C36H42O9. The van der Waals surface area contributed by atoms with Gasteiger partial charge in [0.1, 0.15) is 11.9 Å². The third kappa shape index (κ3) is 9.44. The molecule has 1 aliphatic rings. The van der Waals surface area contributed by atoms with Gasteiger partial charge in [-0.25, -0.2) is 0 Å². The van der Waals surface area contributed by atoms with Crippen molar-refractivity contribution in [2.45, 2.75) is 57.8 Å². The highest BCUT2D eigenvalue weighted by Crippen LogP contribution is 2.40. The first kappa shape index (κ1) is 34.9. The van der Waals surface area contributed by atoms with Crippen LogP contribution in [0.2, 0.25) is 0 Å². The molecule has 240 valence electrons. The zero-order valence-corrected chi connectivity index (χ0v) is 26.5. The lowest BCUT2D eigenvalue weighted by molar-refractivity contribution is -0.119. The molecule has 0 heterocycles. The van der Waals surface area contributed by atoms with Crippen molar-refractivity contribution in [3.05, 3.63) is 95.3 Å². The van der Waals surface area contributed by atoms with Gasteiger partial charge in [0.05, 0.1) is 19.8 Å². The number of phenolic OH excluding ortho intramolecular Hbond substituents is 1. The second-order valence-electron chi connectivity index (χ2n) is 11.6. The Morgan fingerprint density at radius 3 is 2.20 bits per heavy atom. The maximum absolute atomic E-state index is 12.3. The minimum absolute atomic E-state index is 0.0127. The highest BCUT2D eigenvalue weighted by molar-refractivity contribution is 6.02. The molecule has 9 nitrogen and oxygen atoms in total. The van der Waals surface area contributed by atoms with Crippen LogP contribution in [0.4, 0.5) is 0 Å². The molecular weight excluding hydrogens is 576 g/mol. The second kappa shape index (κ2) is 14.9. The molecule has 0 saturated carbocycles. The number of benzene rings is 2. The number of aromatic hydroxyl groups is 1. The topological polar surface area (TPSA) is 143 Å². The predicted octanol–water partition coefficient (Wildman–Crippen LogP) is 5.90. The molecule has 0 radical (unpaired) electrons. The smallest absolute Gasteiger partial charge is 0.182 e. The molecule has 0 saturated heterocycles. The van der Waals surface area contributed by atoms with Crippen molar-refractivity contribution in [1.29, 1.82) is 0 Å². The van der Waals surface area contributed by atoms with Crippen molar-refractivity contribution < 1.29 is 44.2 Å². The maximum atomic E-state index is 12.3. The van der Waals surface area contributed by atoms with Crippen LogP contribution in [0.5, 0.6) is 23.0 Å². The van der Waals surface area contributed by atoms with Crippen LogP contribution in [0.25, 0.3) is 12.2 Å². The molecule has 2 aromatic rings. The van der Waals surface area contributed by atoms with E-state index in [4.69, 9.17) is 14.2 Å². The third-order valence-corrected chi connectivity index (χ3v) is 7.59. The predicted molar refractivity (Wildman–Crippen MR) is 173 cm³/mol. The van der Waals surface area contributed by atoms with E-state index >= 15 is 0 Å². The van der Waals surface area contributed by atoms with E-state index in [1.165, 1.54) is 38.5 Å². The number of aliphatic hydroxyl groups excluding tert-OH is 2. The largest absolute Gasteiger partial charge is 0.508 e. The van der Waals surface area contributed by atoms with Gasteiger partial charge in [0.25, 0.3) is 0 Å². The summed E-state index contributed by atoms with van der Waals surface area (Å²) in [5.74, 6) is -0.228. The van der Waals surface area contributed by atoms with Gasteiger partial charge in [-0.3, -0.25) is 9.59 Å². The van der Waals surface area contributed by atoms with Gasteiger partial charge in [-0.2, -0.15) is 0 Å². The van der Waals surface area contributed by atoms with Crippen LogP contribution in [-0.2, 0) is 9.59 Å². The van der Waals surface area contributed by atoms with Gasteiger partial charge < -0.3 is 34.6 Å². The first-order valence-electron chi connectivity index (χ1n) is 14.5. The molecule has 0 aliphatic heterocycles. The number of ether oxygens (including phenoxy) is 3. The lowest BCUT2D eigenvalue weighted by Crippen LogP contribution is -2.53. The third-order valence-electron chi connectivity index (χ3n) is 7.59. The highest BCUT2D eigenvalue weighted by Gasteiger charge is 2.46. The van der Waals surface area contributed by atoms with Gasteiger partial charge in [-0.1, -0.05) is 42.9 Å². The van der Waals surface area contributed by atoms with E-state index in [0.717, 1.165) is 11.6 Å². The van der Waals surface area contributed by atoms with Gasteiger partial charge in [-0.05, 0) is 86.4 Å². The van der Waals surface area contributed by atoms with Crippen LogP contribution in [0.3, 0.4) is 0 Å². The highest BCUT2D eigenvalue weighted by atomic mass is 16.5. The molecule has 3 rings (SSSR count). The summed E-state index contributed by atoms with van der Waals surface area (Å²) in [6.45, 7) is 7.16. The minimum atomic E-state index is -1.38. The summed E-state index contributed by atoms with van der Waals surface area (Å²) in [4.78, 5) is 24.5. The van der Waals surface area contributed by atoms with Gasteiger partial charge in [0.2, 0.25) is 0 Å². The number of hydrogen-bond donors (Lipinski definition) is 4. The Morgan fingerprint density at radius 1 is 0.956 bits per heavy atom. The number of methoxy groups -OCH3 is 2. The Balaban J connectivity index is 1.69. The molecule has 45 heavy (non-hydrogen) atoms. The van der Waals surface area contributed by atoms with Crippen LogP contribution in [0.15, 0.2) is 84.2 Å². The van der Waals surface area contributed by atoms with Crippen LogP contribution in [0.1, 0.15) is 51.7 Å². The monoisotopic (exact) mass is 618 g/mol. The molecule has 4 atom stereocenters. The second-order valence-corrected chi connectivity index (χ2v) is 11.6. The van der Waals surface area contributed by atoms with E-state index in [1.54, 1.807) is 68.5 Å². The number of carbonyl (C=O) groups is 2. The molecule has 1 aliphatic carbocycles. The molecule has 0 amide bonds. The van der Waals surface area contributed by atoms with Crippen LogP contribution < -0.4 is 14.2 Å². The zero-order valence-electron chi connectivity index (χ0n) is 26.5. The van der Waals surface area contributed by atoms with E-state index in [9.17, 15) is 30.0 Å². The molecule has 2 aromatic carbocycles. The summed E-state index contributed by atoms with van der Waals surface area (Å²) in [6, 6.07) is 9.71. The average Bonchev–Trinajstić information content (AvgIpc) is 2.98. The van der Waals surface area contributed by atoms with Crippen molar-refractivity contribution >= 4 is 23.7 Å². The molecule has 0 fully saturated rings. The molecule has 9 heteroatoms. The molecule has 4 N–H and O–H groups in total. The molecule has 0 bridgehead atoms. The summed E-state index contributed by atoms with van der Waals surface area (Å²) < 4.78 is 16.8. The summed E-state index contributed by atoms with van der Waals surface area (Å²) in [5, 5.41) is 42.2. The number of hydrogen-bond acceptors (Lipinski definition) is 9. The first-order valence-corrected chi connectivity index (χ1v) is 14.5. The normalized spacial score (nSPS) is 22.3. The molecule has 0 spiro atoms. The SMILES string of the molecule is COc1cc(/C=C/C(=O)/C=C(O)/C=C/c2ccc(O[C@]3(C)C=C[C@@](O)([C@@H](C)CC(=O)C=C(C)C)C[C@@H]3O)c(OC)c2)ccc1O. The van der Waals surface area contributed by atoms with Crippen molar-refractivity contribution in [2.24, 2.45) is 5.92 Å². The van der Waals surface area contributed by atoms with E-state index in [2.05, 4.69) is 0 Å². The number of carbonyl (C=O) groups excluding carboxylic acids is 2. The molecule has 0 aromatic heterocycles. The summed E-state index contributed by atoms with van der Waals surface area (Å²) in [5.41, 5.74) is -0.389. The first-order chi connectivity index (χ1) is 21.2. The fraction of sp³-hybridized carbons (Fsp3) is 0.333. The van der Waals surface area contributed by atoms with Gasteiger partial charge in [0, 0.05) is 18.9 Å². The minimum Gasteiger partial charge on any atom is -0.508 e.